The minimum atomic E-state index is -3.03. The summed E-state index contributed by atoms with van der Waals surface area (Å²) in [5.74, 6) is 1.09. The van der Waals surface area contributed by atoms with Crippen molar-refractivity contribution in [1.29, 1.82) is 0 Å². The van der Waals surface area contributed by atoms with E-state index in [4.69, 9.17) is 27.9 Å². The third kappa shape index (κ3) is 10.9. The number of hydrogen-bond acceptors (Lipinski definition) is 12. The minimum Gasteiger partial charge on any atom is -0.496 e. The highest BCUT2D eigenvalue weighted by molar-refractivity contribution is 7.90. The van der Waals surface area contributed by atoms with Crippen LogP contribution >= 0.6 is 23.2 Å². The molecule has 0 saturated heterocycles. The second-order valence-corrected chi connectivity index (χ2v) is 20.1. The Morgan fingerprint density at radius 3 is 1.88 bits per heavy atom. The summed E-state index contributed by atoms with van der Waals surface area (Å²) in [5.41, 5.74) is 6.57. The summed E-state index contributed by atoms with van der Waals surface area (Å²) in [7, 11) is -4.42. The lowest BCUT2D eigenvalue weighted by atomic mass is 9.86. The fraction of sp³-hybridized carbons (Fsp3) is 0.474. The average Bonchev–Trinajstić information content (AvgIpc) is 3.75. The maximum atomic E-state index is 12.7. The van der Waals surface area contributed by atoms with Crippen molar-refractivity contribution in [2.75, 3.05) is 49.5 Å². The molecule has 4 heterocycles. The first-order valence-electron chi connectivity index (χ1n) is 18.9. The van der Waals surface area contributed by atoms with Gasteiger partial charge in [-0.25, -0.2) is 36.8 Å². The van der Waals surface area contributed by atoms with Crippen LogP contribution in [0.25, 0.3) is 22.1 Å². The molecule has 20 heteroatoms. The quantitative estimate of drug-likeness (QED) is 0.0783. The maximum Gasteiger partial charge on any atom is 0.223 e. The summed E-state index contributed by atoms with van der Waals surface area (Å²) in [6, 6.07) is 5.49. The fourth-order valence-corrected chi connectivity index (χ4v) is 9.19. The molecule has 58 heavy (non-hydrogen) atoms. The van der Waals surface area contributed by atoms with Crippen LogP contribution in [0.15, 0.2) is 30.9 Å². The number of H-pyrrole nitrogens is 2. The topological polar surface area (TPSA) is 231 Å². The van der Waals surface area contributed by atoms with E-state index in [0.29, 0.717) is 72.7 Å². The average molecular weight is 877 g/mol. The lowest BCUT2D eigenvalue weighted by Gasteiger charge is -2.22. The monoisotopic (exact) mass is 875 g/mol. The van der Waals surface area contributed by atoms with E-state index in [1.807, 2.05) is 12.1 Å². The molecule has 0 spiro atoms. The Balaban J connectivity index is 0.000000208. The van der Waals surface area contributed by atoms with Crippen molar-refractivity contribution in [3.05, 3.63) is 69.1 Å². The van der Waals surface area contributed by atoms with E-state index in [0.717, 1.165) is 70.2 Å². The molecule has 16 nitrogen and oxygen atoms in total. The predicted molar refractivity (Wildman–Crippen MR) is 224 cm³/mol. The Hall–Kier alpha value is -4.52. The number of aromatic amines is 2. The molecular weight excluding hydrogens is 830 g/mol. The lowest BCUT2D eigenvalue weighted by molar-refractivity contribution is -0.126. The van der Waals surface area contributed by atoms with Crippen molar-refractivity contribution < 1.29 is 31.2 Å². The van der Waals surface area contributed by atoms with Crippen molar-refractivity contribution >= 4 is 82.6 Å². The van der Waals surface area contributed by atoms with Crippen LogP contribution in [-0.2, 0) is 61.5 Å². The molecule has 1 aromatic carbocycles. The van der Waals surface area contributed by atoms with Gasteiger partial charge in [-0.05, 0) is 74.6 Å². The first-order chi connectivity index (χ1) is 27.6. The van der Waals surface area contributed by atoms with Gasteiger partial charge >= 0.3 is 0 Å². The second kappa shape index (κ2) is 18.6. The van der Waals surface area contributed by atoms with Crippen LogP contribution in [0.1, 0.15) is 53.8 Å². The molecule has 2 amide bonds. The Morgan fingerprint density at radius 2 is 1.33 bits per heavy atom. The van der Waals surface area contributed by atoms with E-state index in [-0.39, 0.29) is 35.2 Å². The fourth-order valence-electron chi connectivity index (χ4n) is 7.45. The van der Waals surface area contributed by atoms with Gasteiger partial charge in [-0.1, -0.05) is 29.3 Å². The number of sulfone groups is 2. The van der Waals surface area contributed by atoms with E-state index in [9.17, 15) is 26.4 Å². The highest BCUT2D eigenvalue weighted by Gasteiger charge is 2.30. The number of nitrogens with zero attached hydrogens (tertiary/aromatic N) is 4. The van der Waals surface area contributed by atoms with Gasteiger partial charge < -0.3 is 30.7 Å². The summed E-state index contributed by atoms with van der Waals surface area (Å²) >= 11 is 12.2. The van der Waals surface area contributed by atoms with Crippen LogP contribution in [0.4, 0.5) is 5.82 Å². The highest BCUT2D eigenvalue weighted by atomic mass is 35.5. The number of methoxy groups -OCH3 is 1. The van der Waals surface area contributed by atoms with Crippen LogP contribution in [-0.4, -0.2) is 103 Å². The van der Waals surface area contributed by atoms with Gasteiger partial charge in [0, 0.05) is 66.0 Å². The zero-order valence-corrected chi connectivity index (χ0v) is 35.6. The normalized spacial score (nSPS) is 16.5. The predicted octanol–water partition coefficient (Wildman–Crippen LogP) is 4.15. The molecule has 2 aliphatic carbocycles. The molecule has 7 rings (SSSR count). The van der Waals surface area contributed by atoms with Crippen LogP contribution in [0.5, 0.6) is 5.75 Å². The Labute approximate surface area is 346 Å². The molecule has 2 unspecified atom stereocenters. The second-order valence-electron chi connectivity index (χ2n) is 14.7. The van der Waals surface area contributed by atoms with Crippen LogP contribution < -0.4 is 20.7 Å². The molecule has 0 bridgehead atoms. The van der Waals surface area contributed by atoms with Crippen LogP contribution in [0.2, 0.25) is 10.2 Å². The summed E-state index contributed by atoms with van der Waals surface area (Å²) in [6.45, 7) is 1.20. The number of rotatable bonds is 14. The molecule has 0 saturated carbocycles. The van der Waals surface area contributed by atoms with Crippen molar-refractivity contribution in [3.8, 4) is 5.75 Å². The van der Waals surface area contributed by atoms with Gasteiger partial charge in [0.1, 0.15) is 60.3 Å². The molecule has 0 aliphatic heterocycles. The molecule has 2 aliphatic rings. The summed E-state index contributed by atoms with van der Waals surface area (Å²) in [4.78, 5) is 48.8. The smallest absolute Gasteiger partial charge is 0.223 e. The first kappa shape index (κ1) is 43.1. The zero-order valence-electron chi connectivity index (χ0n) is 32.5. The Kier molecular flexibility index (Phi) is 13.8. The third-order valence-corrected chi connectivity index (χ3v) is 12.9. The largest absolute Gasteiger partial charge is 0.496 e. The third-order valence-electron chi connectivity index (χ3n) is 10.3. The molecule has 4 aromatic heterocycles. The van der Waals surface area contributed by atoms with Crippen molar-refractivity contribution in [3.63, 3.8) is 0 Å². The van der Waals surface area contributed by atoms with E-state index in [1.165, 1.54) is 25.2 Å². The number of benzene rings is 1. The molecule has 0 fully saturated rings. The van der Waals surface area contributed by atoms with E-state index in [1.54, 1.807) is 13.2 Å². The lowest BCUT2D eigenvalue weighted by Crippen LogP contribution is -2.35. The van der Waals surface area contributed by atoms with Gasteiger partial charge in [0.25, 0.3) is 0 Å². The number of nitrogens with one attached hydrogen (secondary N) is 5. The summed E-state index contributed by atoms with van der Waals surface area (Å²) < 4.78 is 50.2. The molecular formula is C38H47Cl2N9O7S2. The zero-order chi connectivity index (χ0) is 41.6. The van der Waals surface area contributed by atoms with E-state index < -0.39 is 19.7 Å². The van der Waals surface area contributed by atoms with Crippen molar-refractivity contribution in [1.82, 2.24) is 40.5 Å². The number of anilines is 1. The molecule has 5 aromatic rings. The minimum absolute atomic E-state index is 0.0449. The van der Waals surface area contributed by atoms with Gasteiger partial charge in [-0.2, -0.15) is 0 Å². The van der Waals surface area contributed by atoms with Crippen LogP contribution in [0, 0.1) is 11.8 Å². The number of aryl methyl sites for hydroxylation is 2. The molecule has 5 N–H and O–H groups in total. The SMILES string of the molecule is COc1cc(Cl)ccc1CNc1ncnc2[nH]c3c(c12)CC(C(=O)NCCCS(C)(=O)=O)CC3.CS(=O)(=O)CCCNC(=O)C1CCc2[nH]c3ncnc(Cl)c3c2C1. The number of halogens is 2. The maximum absolute atomic E-state index is 12.7. The Morgan fingerprint density at radius 1 is 0.793 bits per heavy atom. The number of carbonyl (C=O) groups is 2. The molecule has 0 radical (unpaired) electrons. The number of hydrogen-bond donors (Lipinski definition) is 5. The van der Waals surface area contributed by atoms with Gasteiger partial charge in [0.15, 0.2) is 0 Å². The van der Waals surface area contributed by atoms with Crippen LogP contribution in [0.3, 0.4) is 0 Å². The number of fused-ring (bicyclic) bond motifs is 6. The van der Waals surface area contributed by atoms with Gasteiger partial charge in [0.2, 0.25) is 11.8 Å². The van der Waals surface area contributed by atoms with E-state index in [2.05, 4.69) is 45.9 Å². The van der Waals surface area contributed by atoms with Crippen molar-refractivity contribution in [2.24, 2.45) is 11.8 Å². The van der Waals surface area contributed by atoms with Gasteiger partial charge in [0.05, 0.1) is 29.4 Å². The number of carbonyl (C=O) groups excluding carboxylic acids is 2. The van der Waals surface area contributed by atoms with Gasteiger partial charge in [-0.3, -0.25) is 9.59 Å². The molecule has 2 atom stereocenters. The van der Waals surface area contributed by atoms with Gasteiger partial charge in [-0.15, -0.1) is 0 Å². The number of aromatic nitrogens is 6. The van der Waals surface area contributed by atoms with E-state index >= 15 is 0 Å². The summed E-state index contributed by atoms with van der Waals surface area (Å²) in [5, 5.41) is 11.8. The summed E-state index contributed by atoms with van der Waals surface area (Å²) in [6.07, 6.45) is 10.3. The highest BCUT2D eigenvalue weighted by Crippen LogP contribution is 2.36. The first-order valence-corrected chi connectivity index (χ1v) is 23.8. The Bertz CT molecular complexity index is 2530. The number of amides is 2. The standard InChI is InChI=1S/C23H28ClN5O4S.C15H19ClN4O3S/c1-33-19-11-16(24)6-4-15(19)12-26-21-20-17-10-14(23(30)25-8-3-9-34(2,31)32)5-7-18(17)29-22(20)28-13-27-21;1-24(22,23)6-2-5-17-15(21)9-3-4-11-10(7-9)12-13(16)18-8-19-14(12)20-11/h4,6,11,13-14H,3,5,7-10,12H2,1-2H3,(H,25,30)(H2,26,27,28,29);8-9H,2-7H2,1H3,(H,17,21)(H,18,19,20). The molecule has 312 valence electrons. The van der Waals surface area contributed by atoms with Crippen molar-refractivity contribution in [2.45, 2.75) is 57.9 Å². The number of ether oxygens (including phenoxy) is 1.